The van der Waals surface area contributed by atoms with Gasteiger partial charge in [0.15, 0.2) is 0 Å². The molecular weight excluding hydrogens is 206 g/mol. The Morgan fingerprint density at radius 3 is 2.65 bits per heavy atom. The van der Waals surface area contributed by atoms with E-state index >= 15 is 0 Å². The van der Waals surface area contributed by atoms with E-state index in [-0.39, 0.29) is 0 Å². The molecule has 1 aromatic heterocycles. The number of benzene rings is 1. The van der Waals surface area contributed by atoms with Crippen molar-refractivity contribution >= 4 is 10.9 Å². The zero-order chi connectivity index (χ0) is 12.1. The molecule has 0 atom stereocenters. The van der Waals surface area contributed by atoms with Gasteiger partial charge in [-0.25, -0.2) is 0 Å². The molecule has 0 radical (unpaired) electrons. The number of aromatic nitrogens is 1. The van der Waals surface area contributed by atoms with E-state index < -0.39 is 0 Å². The van der Waals surface area contributed by atoms with E-state index in [4.69, 9.17) is 0 Å². The lowest BCUT2D eigenvalue weighted by molar-refractivity contribution is 0.713. The molecule has 0 saturated carbocycles. The van der Waals surface area contributed by atoms with Crippen LogP contribution in [0.5, 0.6) is 0 Å². The first-order valence-electron chi connectivity index (χ1n) is 6.72. The number of para-hydroxylation sites is 1. The van der Waals surface area contributed by atoms with E-state index in [0.29, 0.717) is 0 Å². The molecule has 90 valence electrons. The van der Waals surface area contributed by atoms with Crippen molar-refractivity contribution in [3.8, 4) is 0 Å². The quantitative estimate of drug-likeness (QED) is 0.684. The average molecular weight is 227 g/mol. The van der Waals surface area contributed by atoms with E-state index in [1.807, 2.05) is 0 Å². The van der Waals surface area contributed by atoms with Crippen LogP contribution < -0.4 is 0 Å². The van der Waals surface area contributed by atoms with E-state index in [9.17, 15) is 0 Å². The molecule has 17 heavy (non-hydrogen) atoms. The molecule has 1 nitrogen and oxygen atoms in total. The molecule has 0 bridgehead atoms. The first-order chi connectivity index (χ1) is 8.36. The van der Waals surface area contributed by atoms with Crippen LogP contribution in [0.25, 0.3) is 10.9 Å². The Hall–Kier alpha value is -1.37. The monoisotopic (exact) mass is 227 g/mol. The minimum Gasteiger partial charge on any atom is -0.256 e. The molecule has 1 heterocycles. The summed E-state index contributed by atoms with van der Waals surface area (Å²) in [5.41, 5.74) is 4.06. The van der Waals surface area contributed by atoms with Crippen molar-refractivity contribution < 1.29 is 0 Å². The lowest BCUT2D eigenvalue weighted by Gasteiger charge is -2.10. The summed E-state index contributed by atoms with van der Waals surface area (Å²) in [4.78, 5) is 4.57. The van der Waals surface area contributed by atoms with Gasteiger partial charge in [0, 0.05) is 11.6 Å². The molecule has 0 aliphatic carbocycles. The van der Waals surface area contributed by atoms with Crippen LogP contribution in [0, 0.1) is 0 Å². The van der Waals surface area contributed by atoms with E-state index in [1.165, 1.54) is 42.2 Å². The molecule has 0 unspecified atom stereocenters. The summed E-state index contributed by atoms with van der Waals surface area (Å²) >= 11 is 0. The number of pyridine rings is 1. The Labute approximate surface area is 104 Å². The maximum absolute atomic E-state index is 4.57. The van der Waals surface area contributed by atoms with Gasteiger partial charge in [0.1, 0.15) is 0 Å². The third-order valence-electron chi connectivity index (χ3n) is 3.38. The number of unbranched alkanes of at least 4 members (excludes halogenated alkanes) is 2. The van der Waals surface area contributed by atoms with Crippen molar-refractivity contribution in [1.82, 2.24) is 4.98 Å². The number of aryl methyl sites for hydroxylation is 2. The van der Waals surface area contributed by atoms with Gasteiger partial charge in [-0.15, -0.1) is 0 Å². The van der Waals surface area contributed by atoms with Crippen LogP contribution in [0.15, 0.2) is 30.5 Å². The highest BCUT2D eigenvalue weighted by Gasteiger charge is 2.06. The Kier molecular flexibility index (Phi) is 4.13. The molecule has 0 N–H and O–H groups in total. The molecule has 0 aliphatic rings. The van der Waals surface area contributed by atoms with Gasteiger partial charge in [-0.05, 0) is 36.5 Å². The minimum atomic E-state index is 1.10. The van der Waals surface area contributed by atoms with E-state index in [2.05, 4.69) is 49.3 Å². The highest BCUT2D eigenvalue weighted by molar-refractivity contribution is 5.82. The zero-order valence-corrected chi connectivity index (χ0v) is 10.9. The summed E-state index contributed by atoms with van der Waals surface area (Å²) in [6.45, 7) is 4.49. The molecule has 0 saturated heterocycles. The first kappa shape index (κ1) is 12.1. The lowest BCUT2D eigenvalue weighted by atomic mass is 9.97. The van der Waals surface area contributed by atoms with Crippen molar-refractivity contribution in [3.05, 3.63) is 41.6 Å². The van der Waals surface area contributed by atoms with Crippen molar-refractivity contribution in [2.75, 3.05) is 0 Å². The molecule has 0 amide bonds. The Morgan fingerprint density at radius 2 is 1.88 bits per heavy atom. The fraction of sp³-hybridized carbons (Fsp3) is 0.438. The highest BCUT2D eigenvalue weighted by atomic mass is 14.7. The van der Waals surface area contributed by atoms with Crippen LogP contribution in [0.2, 0.25) is 0 Å². The molecule has 0 spiro atoms. The largest absolute Gasteiger partial charge is 0.256 e. The van der Waals surface area contributed by atoms with Gasteiger partial charge >= 0.3 is 0 Å². The van der Waals surface area contributed by atoms with Crippen molar-refractivity contribution in [3.63, 3.8) is 0 Å². The molecule has 1 heteroatoms. The molecule has 0 aliphatic heterocycles. The number of nitrogens with zero attached hydrogens (tertiary/aromatic N) is 1. The van der Waals surface area contributed by atoms with Crippen LogP contribution >= 0.6 is 0 Å². The van der Waals surface area contributed by atoms with Crippen molar-refractivity contribution in [2.45, 2.75) is 46.0 Å². The molecule has 2 rings (SSSR count). The third-order valence-corrected chi connectivity index (χ3v) is 3.38. The summed E-state index contributed by atoms with van der Waals surface area (Å²) in [5, 5.41) is 1.34. The summed E-state index contributed by atoms with van der Waals surface area (Å²) in [6.07, 6.45) is 8.23. The van der Waals surface area contributed by atoms with E-state index in [0.717, 1.165) is 11.9 Å². The Balaban J connectivity index is 2.35. The van der Waals surface area contributed by atoms with Gasteiger partial charge in [0.25, 0.3) is 0 Å². The SMILES string of the molecule is CCCCCc1cnc2ccccc2c1CC. The van der Waals surface area contributed by atoms with Crippen molar-refractivity contribution in [1.29, 1.82) is 0 Å². The molecule has 2 aromatic rings. The number of hydrogen-bond acceptors (Lipinski definition) is 1. The number of hydrogen-bond donors (Lipinski definition) is 0. The smallest absolute Gasteiger partial charge is 0.0704 e. The molecule has 1 aromatic carbocycles. The summed E-state index contributed by atoms with van der Waals surface area (Å²) < 4.78 is 0. The standard InChI is InChI=1S/C16H21N/c1-3-5-6-9-13-12-17-16-11-8-7-10-15(16)14(13)4-2/h7-8,10-12H,3-6,9H2,1-2H3. The van der Waals surface area contributed by atoms with Gasteiger partial charge in [-0.2, -0.15) is 0 Å². The second kappa shape index (κ2) is 5.81. The predicted molar refractivity (Wildman–Crippen MR) is 74.4 cm³/mol. The van der Waals surface area contributed by atoms with Gasteiger partial charge in [0.2, 0.25) is 0 Å². The first-order valence-corrected chi connectivity index (χ1v) is 6.72. The van der Waals surface area contributed by atoms with Crippen LogP contribution in [0.4, 0.5) is 0 Å². The summed E-state index contributed by atoms with van der Waals surface area (Å²) in [5.74, 6) is 0. The van der Waals surface area contributed by atoms with Crippen LogP contribution in [0.1, 0.15) is 44.2 Å². The van der Waals surface area contributed by atoms with Crippen LogP contribution in [-0.4, -0.2) is 4.98 Å². The van der Waals surface area contributed by atoms with Gasteiger partial charge in [-0.1, -0.05) is 44.9 Å². The third kappa shape index (κ3) is 2.66. The van der Waals surface area contributed by atoms with Gasteiger partial charge in [0.05, 0.1) is 5.52 Å². The summed E-state index contributed by atoms with van der Waals surface area (Å²) in [6, 6.07) is 8.47. The maximum Gasteiger partial charge on any atom is 0.0704 e. The highest BCUT2D eigenvalue weighted by Crippen LogP contribution is 2.22. The molecular formula is C16H21N. The van der Waals surface area contributed by atoms with Gasteiger partial charge < -0.3 is 0 Å². The van der Waals surface area contributed by atoms with Crippen molar-refractivity contribution in [2.24, 2.45) is 0 Å². The normalized spacial score (nSPS) is 10.9. The van der Waals surface area contributed by atoms with E-state index in [1.54, 1.807) is 0 Å². The summed E-state index contributed by atoms with van der Waals surface area (Å²) in [7, 11) is 0. The lowest BCUT2D eigenvalue weighted by Crippen LogP contribution is -1.97. The fourth-order valence-corrected chi connectivity index (χ4v) is 2.44. The number of rotatable bonds is 5. The molecule has 0 fully saturated rings. The second-order valence-electron chi connectivity index (χ2n) is 4.59. The second-order valence-corrected chi connectivity index (χ2v) is 4.59. The Bertz CT molecular complexity index is 488. The average Bonchev–Trinajstić information content (AvgIpc) is 2.38. The minimum absolute atomic E-state index is 1.10. The maximum atomic E-state index is 4.57. The van der Waals surface area contributed by atoms with Crippen LogP contribution in [-0.2, 0) is 12.8 Å². The number of fused-ring (bicyclic) bond motifs is 1. The Morgan fingerprint density at radius 1 is 1.06 bits per heavy atom. The van der Waals surface area contributed by atoms with Crippen LogP contribution in [0.3, 0.4) is 0 Å². The predicted octanol–water partition coefficient (Wildman–Crippen LogP) is 4.53. The fourth-order valence-electron chi connectivity index (χ4n) is 2.44. The zero-order valence-electron chi connectivity index (χ0n) is 10.9. The van der Waals surface area contributed by atoms with Gasteiger partial charge in [-0.3, -0.25) is 4.98 Å². The topological polar surface area (TPSA) is 12.9 Å².